The molecule has 0 aliphatic rings. The Kier molecular flexibility index (Phi) is 4.11. The molecular formula is C15H15F3N6O. The van der Waals surface area contributed by atoms with Crippen molar-refractivity contribution in [2.45, 2.75) is 12.7 Å². The minimum Gasteiger partial charge on any atom is -0.396 e. The standard InChI is InChI=1S/C15H15F3N6O/c1-23(2)14-20-13(25-22-14)10-5-3-9(4-6-10)7-24-8-11(19)12(21-24)15(16,17)18/h3-6,8H,7,19H2,1-2H3. The predicted molar refractivity (Wildman–Crippen MR) is 84.8 cm³/mol. The Morgan fingerprint density at radius 1 is 1.20 bits per heavy atom. The van der Waals surface area contributed by atoms with Crippen LogP contribution in [0.3, 0.4) is 0 Å². The Morgan fingerprint density at radius 3 is 2.40 bits per heavy atom. The van der Waals surface area contributed by atoms with E-state index in [1.54, 1.807) is 43.3 Å². The van der Waals surface area contributed by atoms with Crippen molar-refractivity contribution in [2.75, 3.05) is 24.7 Å². The molecule has 3 aromatic rings. The lowest BCUT2D eigenvalue weighted by Crippen LogP contribution is -2.10. The number of nitrogens with two attached hydrogens (primary N) is 1. The first-order valence-corrected chi connectivity index (χ1v) is 7.24. The molecule has 0 aliphatic heterocycles. The molecule has 3 rings (SSSR count). The number of aromatic nitrogens is 4. The minimum absolute atomic E-state index is 0.160. The van der Waals surface area contributed by atoms with E-state index >= 15 is 0 Å². The van der Waals surface area contributed by atoms with Crippen LogP contribution < -0.4 is 10.6 Å². The van der Waals surface area contributed by atoms with Gasteiger partial charge in [-0.15, -0.1) is 0 Å². The highest BCUT2D eigenvalue weighted by Gasteiger charge is 2.36. The van der Waals surface area contributed by atoms with Gasteiger partial charge in [-0.1, -0.05) is 12.1 Å². The van der Waals surface area contributed by atoms with Crippen LogP contribution in [-0.4, -0.2) is 34.0 Å². The highest BCUT2D eigenvalue weighted by molar-refractivity contribution is 5.55. The van der Waals surface area contributed by atoms with Gasteiger partial charge in [0.05, 0.1) is 12.2 Å². The fraction of sp³-hybridized carbons (Fsp3) is 0.267. The Balaban J connectivity index is 1.77. The average Bonchev–Trinajstić information content (AvgIpc) is 3.14. The third-order valence-corrected chi connectivity index (χ3v) is 3.42. The summed E-state index contributed by atoms with van der Waals surface area (Å²) in [5, 5.41) is 7.32. The topological polar surface area (TPSA) is 86.0 Å². The second-order valence-electron chi connectivity index (χ2n) is 5.62. The van der Waals surface area contributed by atoms with Crippen molar-refractivity contribution in [1.29, 1.82) is 0 Å². The normalized spacial score (nSPS) is 11.7. The molecule has 0 saturated heterocycles. The van der Waals surface area contributed by atoms with Gasteiger partial charge >= 0.3 is 6.18 Å². The van der Waals surface area contributed by atoms with E-state index < -0.39 is 17.6 Å². The van der Waals surface area contributed by atoms with E-state index in [0.29, 0.717) is 17.4 Å². The Hall–Kier alpha value is -3.04. The van der Waals surface area contributed by atoms with Gasteiger partial charge in [0.1, 0.15) is 0 Å². The van der Waals surface area contributed by atoms with E-state index in [0.717, 1.165) is 16.4 Å². The maximum absolute atomic E-state index is 12.7. The Labute approximate surface area is 140 Å². The van der Waals surface area contributed by atoms with Gasteiger partial charge in [0.15, 0.2) is 5.69 Å². The zero-order valence-electron chi connectivity index (χ0n) is 13.4. The number of halogens is 3. The summed E-state index contributed by atoms with van der Waals surface area (Å²) in [7, 11) is 3.59. The molecule has 0 bridgehead atoms. The van der Waals surface area contributed by atoms with Gasteiger partial charge < -0.3 is 15.2 Å². The average molecular weight is 352 g/mol. The number of benzene rings is 1. The fourth-order valence-corrected chi connectivity index (χ4v) is 2.19. The van der Waals surface area contributed by atoms with Gasteiger partial charge in [-0.25, -0.2) is 0 Å². The summed E-state index contributed by atoms with van der Waals surface area (Å²) in [6, 6.07) is 7.00. The van der Waals surface area contributed by atoms with Gasteiger partial charge in [-0.2, -0.15) is 23.3 Å². The van der Waals surface area contributed by atoms with Gasteiger partial charge in [0.25, 0.3) is 11.8 Å². The summed E-state index contributed by atoms with van der Waals surface area (Å²) in [6.45, 7) is 0.160. The Bertz CT molecular complexity index is 866. The van der Waals surface area contributed by atoms with E-state index in [9.17, 15) is 13.2 Å². The van der Waals surface area contributed by atoms with E-state index in [2.05, 4.69) is 15.2 Å². The highest BCUT2D eigenvalue weighted by atomic mass is 19.4. The van der Waals surface area contributed by atoms with E-state index in [-0.39, 0.29) is 6.54 Å². The molecular weight excluding hydrogens is 337 g/mol. The maximum Gasteiger partial charge on any atom is 0.437 e. The Morgan fingerprint density at radius 2 is 1.88 bits per heavy atom. The quantitative estimate of drug-likeness (QED) is 0.777. The van der Waals surface area contributed by atoms with Crippen LogP contribution in [0.15, 0.2) is 35.0 Å². The van der Waals surface area contributed by atoms with Crippen LogP contribution in [0.2, 0.25) is 0 Å². The molecule has 0 saturated carbocycles. The molecule has 0 spiro atoms. The van der Waals surface area contributed by atoms with Crippen LogP contribution in [-0.2, 0) is 12.7 Å². The van der Waals surface area contributed by atoms with Gasteiger partial charge in [-0.05, 0) is 22.9 Å². The molecule has 0 unspecified atom stereocenters. The first kappa shape index (κ1) is 16.8. The molecule has 1 aromatic carbocycles. The number of hydrogen-bond donors (Lipinski definition) is 1. The van der Waals surface area contributed by atoms with Crippen molar-refractivity contribution >= 4 is 11.6 Å². The minimum atomic E-state index is -4.57. The first-order valence-electron chi connectivity index (χ1n) is 7.24. The molecule has 0 atom stereocenters. The predicted octanol–water partition coefficient (Wildman–Crippen LogP) is 2.65. The molecule has 0 amide bonds. The molecule has 2 N–H and O–H groups in total. The zero-order chi connectivity index (χ0) is 18.2. The van der Waals surface area contributed by atoms with Crippen molar-refractivity contribution in [3.05, 3.63) is 41.7 Å². The van der Waals surface area contributed by atoms with Crippen LogP contribution in [0.25, 0.3) is 11.5 Å². The number of rotatable bonds is 4. The van der Waals surface area contributed by atoms with Crippen LogP contribution in [0.1, 0.15) is 11.3 Å². The third-order valence-electron chi connectivity index (χ3n) is 3.42. The number of hydrogen-bond acceptors (Lipinski definition) is 6. The monoisotopic (exact) mass is 352 g/mol. The summed E-state index contributed by atoms with van der Waals surface area (Å²) >= 11 is 0. The third kappa shape index (κ3) is 3.57. The summed E-state index contributed by atoms with van der Waals surface area (Å²) in [5.41, 5.74) is 5.36. The molecule has 10 heteroatoms. The molecule has 25 heavy (non-hydrogen) atoms. The van der Waals surface area contributed by atoms with Crippen LogP contribution in [0, 0.1) is 0 Å². The van der Waals surface area contributed by atoms with Gasteiger partial charge in [0.2, 0.25) is 0 Å². The second-order valence-corrected chi connectivity index (χ2v) is 5.62. The summed E-state index contributed by atoms with van der Waals surface area (Å²) < 4.78 is 44.5. The van der Waals surface area contributed by atoms with E-state index in [1.165, 1.54) is 0 Å². The zero-order valence-corrected chi connectivity index (χ0v) is 13.4. The highest BCUT2D eigenvalue weighted by Crippen LogP contribution is 2.32. The van der Waals surface area contributed by atoms with Crippen LogP contribution in [0.5, 0.6) is 0 Å². The molecule has 132 valence electrons. The van der Waals surface area contributed by atoms with E-state index in [1.807, 2.05) is 0 Å². The number of nitrogen functional groups attached to an aromatic ring is 1. The first-order chi connectivity index (χ1) is 11.7. The second kappa shape index (κ2) is 6.11. The van der Waals surface area contributed by atoms with Crippen LogP contribution in [0.4, 0.5) is 24.8 Å². The summed E-state index contributed by atoms with van der Waals surface area (Å²) in [4.78, 5) is 5.93. The smallest absolute Gasteiger partial charge is 0.396 e. The molecule has 2 aromatic heterocycles. The lowest BCUT2D eigenvalue weighted by Gasteiger charge is -2.04. The largest absolute Gasteiger partial charge is 0.437 e. The molecule has 0 radical (unpaired) electrons. The summed E-state index contributed by atoms with van der Waals surface area (Å²) in [5.74, 6) is 0.809. The van der Waals surface area contributed by atoms with Crippen molar-refractivity contribution in [3.8, 4) is 11.5 Å². The van der Waals surface area contributed by atoms with Crippen molar-refractivity contribution in [1.82, 2.24) is 19.9 Å². The van der Waals surface area contributed by atoms with Crippen molar-refractivity contribution in [3.63, 3.8) is 0 Å². The summed E-state index contributed by atoms with van der Waals surface area (Å²) in [6.07, 6.45) is -3.40. The molecule has 7 nitrogen and oxygen atoms in total. The number of alkyl halides is 3. The molecule has 0 fully saturated rings. The number of anilines is 2. The molecule has 2 heterocycles. The maximum atomic E-state index is 12.7. The van der Waals surface area contributed by atoms with Crippen molar-refractivity contribution in [2.24, 2.45) is 0 Å². The lowest BCUT2D eigenvalue weighted by atomic mass is 10.1. The van der Waals surface area contributed by atoms with E-state index in [4.69, 9.17) is 10.3 Å². The van der Waals surface area contributed by atoms with Crippen LogP contribution >= 0.6 is 0 Å². The number of nitrogens with zero attached hydrogens (tertiary/aromatic N) is 5. The van der Waals surface area contributed by atoms with Gasteiger partial charge in [-0.3, -0.25) is 4.68 Å². The fourth-order valence-electron chi connectivity index (χ4n) is 2.19. The lowest BCUT2D eigenvalue weighted by molar-refractivity contribution is -0.140. The SMILES string of the molecule is CN(C)c1noc(-c2ccc(Cn3cc(N)c(C(F)(F)F)n3)cc2)n1. The molecule has 0 aliphatic carbocycles. The van der Waals surface area contributed by atoms with Crippen molar-refractivity contribution < 1.29 is 17.7 Å². The van der Waals surface area contributed by atoms with Gasteiger partial charge in [0, 0.05) is 25.9 Å².